The van der Waals surface area contributed by atoms with Gasteiger partial charge in [0, 0.05) is 12.6 Å². The van der Waals surface area contributed by atoms with Crippen molar-refractivity contribution >= 4 is 11.6 Å². The van der Waals surface area contributed by atoms with Crippen molar-refractivity contribution in [3.05, 3.63) is 29.7 Å². The van der Waals surface area contributed by atoms with Crippen molar-refractivity contribution < 1.29 is 9.53 Å². The minimum Gasteiger partial charge on any atom is -0.465 e. The Kier molecular flexibility index (Phi) is 3.64. The Morgan fingerprint density at radius 2 is 2.45 bits per heavy atom. The molecule has 1 aliphatic rings. The first kappa shape index (κ1) is 13.1. The van der Waals surface area contributed by atoms with Crippen LogP contribution in [0.4, 0.5) is 0 Å². The summed E-state index contributed by atoms with van der Waals surface area (Å²) in [4.78, 5) is 16.0. The van der Waals surface area contributed by atoms with E-state index in [9.17, 15) is 4.79 Å². The number of fused-ring (bicyclic) bond motifs is 1. The second-order valence-corrected chi connectivity index (χ2v) is 5.16. The van der Waals surface area contributed by atoms with Gasteiger partial charge in [0.1, 0.15) is 0 Å². The number of esters is 1. The molecule has 0 aromatic carbocycles. The zero-order valence-corrected chi connectivity index (χ0v) is 11.5. The second-order valence-electron chi connectivity index (χ2n) is 5.16. The molecule has 1 atom stereocenters. The zero-order chi connectivity index (χ0) is 13.9. The number of pyridine rings is 1. The predicted molar refractivity (Wildman–Crippen MR) is 73.6 cm³/mol. The maximum atomic E-state index is 11.5. The highest BCUT2D eigenvalue weighted by atomic mass is 16.5. The van der Waals surface area contributed by atoms with E-state index in [0.29, 0.717) is 11.5 Å². The van der Waals surface area contributed by atoms with Gasteiger partial charge in [-0.1, -0.05) is 0 Å². The van der Waals surface area contributed by atoms with Crippen molar-refractivity contribution in [2.75, 3.05) is 20.2 Å². The standard InChI is InChI=1S/C14H18N4O2/c1-20-14(19)11-4-5-13-16-12(17-18(13)9-11)7-10-3-2-6-15-8-10/h4-5,9-10,15H,2-3,6-8H2,1H3. The van der Waals surface area contributed by atoms with E-state index in [1.165, 1.54) is 20.0 Å². The molecular weight excluding hydrogens is 256 g/mol. The lowest BCUT2D eigenvalue weighted by molar-refractivity contribution is 0.0600. The Balaban J connectivity index is 1.81. The van der Waals surface area contributed by atoms with Crippen molar-refractivity contribution in [2.45, 2.75) is 19.3 Å². The zero-order valence-electron chi connectivity index (χ0n) is 11.5. The molecule has 1 unspecified atom stereocenters. The third kappa shape index (κ3) is 2.65. The molecular formula is C14H18N4O2. The molecule has 20 heavy (non-hydrogen) atoms. The molecule has 106 valence electrons. The molecule has 0 bridgehead atoms. The van der Waals surface area contributed by atoms with Crippen LogP contribution in [0.3, 0.4) is 0 Å². The summed E-state index contributed by atoms with van der Waals surface area (Å²) in [6.45, 7) is 2.14. The number of ether oxygens (including phenoxy) is 1. The van der Waals surface area contributed by atoms with E-state index in [2.05, 4.69) is 15.4 Å². The quantitative estimate of drug-likeness (QED) is 0.848. The largest absolute Gasteiger partial charge is 0.465 e. The van der Waals surface area contributed by atoms with E-state index in [1.807, 2.05) is 0 Å². The van der Waals surface area contributed by atoms with Crippen LogP contribution < -0.4 is 5.32 Å². The highest BCUT2D eigenvalue weighted by molar-refractivity contribution is 5.89. The van der Waals surface area contributed by atoms with Crippen molar-refractivity contribution in [3.63, 3.8) is 0 Å². The number of hydrogen-bond acceptors (Lipinski definition) is 5. The summed E-state index contributed by atoms with van der Waals surface area (Å²) < 4.78 is 6.36. The topological polar surface area (TPSA) is 68.5 Å². The van der Waals surface area contributed by atoms with E-state index < -0.39 is 0 Å². The molecule has 6 nitrogen and oxygen atoms in total. The Labute approximate surface area is 117 Å². The van der Waals surface area contributed by atoms with Gasteiger partial charge in [0.2, 0.25) is 0 Å². The van der Waals surface area contributed by atoms with Gasteiger partial charge < -0.3 is 10.1 Å². The number of nitrogens with zero attached hydrogens (tertiary/aromatic N) is 3. The smallest absolute Gasteiger partial charge is 0.339 e. The number of rotatable bonds is 3. The van der Waals surface area contributed by atoms with Gasteiger partial charge >= 0.3 is 5.97 Å². The number of carbonyl (C=O) groups is 1. The molecule has 1 N–H and O–H groups in total. The summed E-state index contributed by atoms with van der Waals surface area (Å²) in [5, 5.41) is 7.85. The fraction of sp³-hybridized carbons (Fsp3) is 0.500. The molecule has 1 saturated heterocycles. The van der Waals surface area contributed by atoms with E-state index in [1.54, 1.807) is 22.8 Å². The molecule has 0 aliphatic carbocycles. The lowest BCUT2D eigenvalue weighted by atomic mass is 9.96. The number of nitrogens with one attached hydrogen (secondary N) is 1. The van der Waals surface area contributed by atoms with Gasteiger partial charge in [-0.15, -0.1) is 0 Å². The Morgan fingerprint density at radius 3 is 3.20 bits per heavy atom. The van der Waals surface area contributed by atoms with Gasteiger partial charge in [-0.2, -0.15) is 5.10 Å². The van der Waals surface area contributed by atoms with Crippen LogP contribution in [0.5, 0.6) is 0 Å². The van der Waals surface area contributed by atoms with Crippen LogP contribution in [0.1, 0.15) is 29.0 Å². The molecule has 0 amide bonds. The van der Waals surface area contributed by atoms with Gasteiger partial charge in [0.25, 0.3) is 0 Å². The highest BCUT2D eigenvalue weighted by Crippen LogP contribution is 2.15. The number of methoxy groups -OCH3 is 1. The highest BCUT2D eigenvalue weighted by Gasteiger charge is 2.16. The summed E-state index contributed by atoms with van der Waals surface area (Å²) >= 11 is 0. The average Bonchev–Trinajstić information content (AvgIpc) is 2.88. The third-order valence-corrected chi connectivity index (χ3v) is 3.67. The van der Waals surface area contributed by atoms with Gasteiger partial charge in [-0.25, -0.2) is 14.3 Å². The number of carbonyl (C=O) groups excluding carboxylic acids is 1. The van der Waals surface area contributed by atoms with E-state index in [0.717, 1.165) is 31.0 Å². The molecule has 0 saturated carbocycles. The maximum Gasteiger partial charge on any atom is 0.339 e. The molecule has 6 heteroatoms. The SMILES string of the molecule is COC(=O)c1ccc2nc(CC3CCCNC3)nn2c1. The van der Waals surface area contributed by atoms with Crippen molar-refractivity contribution in [1.82, 2.24) is 19.9 Å². The first-order chi connectivity index (χ1) is 9.76. The van der Waals surface area contributed by atoms with Crippen LogP contribution in [0.25, 0.3) is 5.65 Å². The third-order valence-electron chi connectivity index (χ3n) is 3.67. The van der Waals surface area contributed by atoms with Crippen molar-refractivity contribution in [3.8, 4) is 0 Å². The monoisotopic (exact) mass is 274 g/mol. The lowest BCUT2D eigenvalue weighted by Crippen LogP contribution is -2.31. The summed E-state index contributed by atoms with van der Waals surface area (Å²) in [5.74, 6) is 1.07. The molecule has 0 spiro atoms. The first-order valence-electron chi connectivity index (χ1n) is 6.90. The van der Waals surface area contributed by atoms with Crippen LogP contribution in [0.2, 0.25) is 0 Å². The van der Waals surface area contributed by atoms with Crippen LogP contribution in [0, 0.1) is 5.92 Å². The lowest BCUT2D eigenvalue weighted by Gasteiger charge is -2.21. The molecule has 3 heterocycles. The Morgan fingerprint density at radius 1 is 1.55 bits per heavy atom. The minimum atomic E-state index is -0.361. The predicted octanol–water partition coefficient (Wildman–Crippen LogP) is 1.06. The minimum absolute atomic E-state index is 0.361. The second kappa shape index (κ2) is 5.58. The van der Waals surface area contributed by atoms with E-state index in [-0.39, 0.29) is 5.97 Å². The molecule has 1 aliphatic heterocycles. The van der Waals surface area contributed by atoms with Gasteiger partial charge in [0.05, 0.1) is 12.7 Å². The van der Waals surface area contributed by atoms with Gasteiger partial charge in [-0.3, -0.25) is 0 Å². The van der Waals surface area contributed by atoms with Crippen molar-refractivity contribution in [2.24, 2.45) is 5.92 Å². The molecule has 0 radical (unpaired) electrons. The maximum absolute atomic E-state index is 11.5. The van der Waals surface area contributed by atoms with Crippen LogP contribution in [-0.4, -0.2) is 40.8 Å². The molecule has 2 aromatic rings. The summed E-state index contributed by atoms with van der Waals surface area (Å²) in [6.07, 6.45) is 4.97. The first-order valence-corrected chi connectivity index (χ1v) is 6.90. The average molecular weight is 274 g/mol. The molecule has 2 aromatic heterocycles. The molecule has 1 fully saturated rings. The van der Waals surface area contributed by atoms with E-state index in [4.69, 9.17) is 4.74 Å². The van der Waals surface area contributed by atoms with Crippen molar-refractivity contribution in [1.29, 1.82) is 0 Å². The van der Waals surface area contributed by atoms with Gasteiger partial charge in [0.15, 0.2) is 11.5 Å². The van der Waals surface area contributed by atoms with Crippen LogP contribution in [-0.2, 0) is 11.2 Å². The summed E-state index contributed by atoms with van der Waals surface area (Å²) in [5.41, 5.74) is 1.24. The van der Waals surface area contributed by atoms with E-state index >= 15 is 0 Å². The Bertz CT molecular complexity index is 617. The number of piperidine rings is 1. The fourth-order valence-corrected chi connectivity index (χ4v) is 2.61. The summed E-state index contributed by atoms with van der Waals surface area (Å²) in [7, 11) is 1.37. The normalized spacial score (nSPS) is 19.1. The molecule has 3 rings (SSSR count). The Hall–Kier alpha value is -1.95. The van der Waals surface area contributed by atoms with Gasteiger partial charge in [-0.05, 0) is 44.0 Å². The van der Waals surface area contributed by atoms with Crippen LogP contribution in [0.15, 0.2) is 18.3 Å². The number of aromatic nitrogens is 3. The summed E-state index contributed by atoms with van der Waals surface area (Å²) in [6, 6.07) is 3.50. The van der Waals surface area contributed by atoms with Crippen LogP contribution >= 0.6 is 0 Å². The fourth-order valence-electron chi connectivity index (χ4n) is 2.61. The number of hydrogen-bond donors (Lipinski definition) is 1.